The molecule has 0 aliphatic carbocycles. The Kier molecular flexibility index (Phi) is 6.36. The van der Waals surface area contributed by atoms with Crippen LogP contribution in [0.1, 0.15) is 16.3 Å². The van der Waals surface area contributed by atoms with Crippen LogP contribution in [-0.2, 0) is 0 Å². The Bertz CT molecular complexity index is 736. The second-order valence-electron chi connectivity index (χ2n) is 5.47. The number of hydrogen-bond acceptors (Lipinski definition) is 5. The Morgan fingerprint density at radius 1 is 1.25 bits per heavy atom. The van der Waals surface area contributed by atoms with Crippen molar-refractivity contribution in [3.63, 3.8) is 0 Å². The van der Waals surface area contributed by atoms with Crippen molar-refractivity contribution in [2.24, 2.45) is 0 Å². The second kappa shape index (κ2) is 8.28. The van der Waals surface area contributed by atoms with E-state index in [1.807, 2.05) is 14.1 Å². The summed E-state index contributed by atoms with van der Waals surface area (Å²) in [5.41, 5.74) is 0.693. The highest BCUT2D eigenvalue weighted by Crippen LogP contribution is 2.29. The number of rotatable bonds is 6. The highest BCUT2D eigenvalue weighted by Gasteiger charge is 2.13. The first-order chi connectivity index (χ1) is 11.4. The molecule has 2 N–H and O–H groups in total. The fourth-order valence-corrected chi connectivity index (χ4v) is 2.32. The molecule has 1 amide bonds. The van der Waals surface area contributed by atoms with Gasteiger partial charge in [0.1, 0.15) is 17.3 Å². The minimum Gasteiger partial charge on any atom is -0.369 e. The molecule has 0 saturated carbocycles. The molecule has 6 nitrogen and oxygen atoms in total. The van der Waals surface area contributed by atoms with Gasteiger partial charge in [0.25, 0.3) is 5.91 Å². The lowest BCUT2D eigenvalue weighted by atomic mass is 10.3. The number of amides is 1. The highest BCUT2D eigenvalue weighted by molar-refractivity contribution is 6.44. The summed E-state index contributed by atoms with van der Waals surface area (Å²) in [5.74, 6) is 0.735. The number of benzene rings is 1. The molecule has 2 rings (SSSR count). The number of anilines is 2. The number of carbonyl (C=O) groups is 1. The SMILES string of the molecule is Cc1nc(NCCN(C)C)cc(C(=O)Nc2cccc(Cl)c2Cl)n1. The van der Waals surface area contributed by atoms with E-state index >= 15 is 0 Å². The molecule has 0 fully saturated rings. The summed E-state index contributed by atoms with van der Waals surface area (Å²) < 4.78 is 0. The zero-order chi connectivity index (χ0) is 17.7. The lowest BCUT2D eigenvalue weighted by molar-refractivity contribution is 0.102. The number of halogens is 2. The van der Waals surface area contributed by atoms with E-state index in [1.165, 1.54) is 0 Å². The van der Waals surface area contributed by atoms with Crippen molar-refractivity contribution in [2.45, 2.75) is 6.92 Å². The Morgan fingerprint density at radius 3 is 2.71 bits per heavy atom. The maximum atomic E-state index is 12.4. The summed E-state index contributed by atoms with van der Waals surface area (Å²) in [5, 5.41) is 6.56. The minimum atomic E-state index is -0.375. The normalized spacial score (nSPS) is 10.8. The van der Waals surface area contributed by atoms with E-state index < -0.39 is 0 Å². The molecule has 0 radical (unpaired) electrons. The predicted octanol–water partition coefficient (Wildman–Crippen LogP) is 3.32. The number of carbonyl (C=O) groups excluding carboxylic acids is 1. The molecule has 0 bridgehead atoms. The van der Waals surface area contributed by atoms with Crippen molar-refractivity contribution in [2.75, 3.05) is 37.8 Å². The first kappa shape index (κ1) is 18.4. The fraction of sp³-hybridized carbons (Fsp3) is 0.312. The maximum absolute atomic E-state index is 12.4. The molecule has 0 atom stereocenters. The highest BCUT2D eigenvalue weighted by atomic mass is 35.5. The summed E-state index contributed by atoms with van der Waals surface area (Å²) in [6.07, 6.45) is 0. The number of nitrogens with zero attached hydrogens (tertiary/aromatic N) is 3. The van der Waals surface area contributed by atoms with Gasteiger partial charge < -0.3 is 15.5 Å². The number of aromatic nitrogens is 2. The number of aryl methyl sites for hydroxylation is 1. The first-order valence-corrected chi connectivity index (χ1v) is 8.12. The summed E-state index contributed by atoms with van der Waals surface area (Å²) in [6.45, 7) is 3.30. The number of hydrogen-bond donors (Lipinski definition) is 2. The van der Waals surface area contributed by atoms with Crippen LogP contribution in [0.2, 0.25) is 10.0 Å². The monoisotopic (exact) mass is 367 g/mol. The van der Waals surface area contributed by atoms with Crippen molar-refractivity contribution in [3.05, 3.63) is 45.8 Å². The average Bonchev–Trinajstić information content (AvgIpc) is 2.51. The number of nitrogens with one attached hydrogen (secondary N) is 2. The van der Waals surface area contributed by atoms with Gasteiger partial charge in [-0.15, -0.1) is 0 Å². The number of likely N-dealkylation sites (N-methyl/N-ethyl adjacent to an activating group) is 1. The van der Waals surface area contributed by atoms with Crippen molar-refractivity contribution >= 4 is 40.6 Å². The topological polar surface area (TPSA) is 70.2 Å². The zero-order valence-corrected chi connectivity index (χ0v) is 15.2. The van der Waals surface area contributed by atoms with Gasteiger partial charge in [-0.05, 0) is 33.2 Å². The molecule has 2 aromatic rings. The summed E-state index contributed by atoms with van der Waals surface area (Å²) >= 11 is 12.0. The smallest absolute Gasteiger partial charge is 0.274 e. The van der Waals surface area contributed by atoms with E-state index in [0.29, 0.717) is 33.9 Å². The third-order valence-electron chi connectivity index (χ3n) is 3.14. The molecule has 128 valence electrons. The van der Waals surface area contributed by atoms with Crippen LogP contribution < -0.4 is 10.6 Å². The van der Waals surface area contributed by atoms with Gasteiger partial charge in [0.05, 0.1) is 15.7 Å². The van der Waals surface area contributed by atoms with Gasteiger partial charge in [-0.2, -0.15) is 0 Å². The molecule has 1 aromatic heterocycles. The minimum absolute atomic E-state index is 0.255. The van der Waals surface area contributed by atoms with E-state index in [-0.39, 0.29) is 11.6 Å². The fourth-order valence-electron chi connectivity index (χ4n) is 1.97. The van der Waals surface area contributed by atoms with E-state index in [9.17, 15) is 4.79 Å². The van der Waals surface area contributed by atoms with Gasteiger partial charge in [-0.25, -0.2) is 9.97 Å². The second-order valence-corrected chi connectivity index (χ2v) is 6.26. The zero-order valence-electron chi connectivity index (χ0n) is 13.7. The molecule has 0 saturated heterocycles. The van der Waals surface area contributed by atoms with Crippen LogP contribution in [0.15, 0.2) is 24.3 Å². The molecular formula is C16H19Cl2N5O. The van der Waals surface area contributed by atoms with Crippen LogP contribution >= 0.6 is 23.2 Å². The Labute approximate surface area is 151 Å². The van der Waals surface area contributed by atoms with E-state index in [1.54, 1.807) is 31.2 Å². The van der Waals surface area contributed by atoms with Gasteiger partial charge in [-0.1, -0.05) is 29.3 Å². The Balaban J connectivity index is 2.14. The van der Waals surface area contributed by atoms with Gasteiger partial charge in [0.2, 0.25) is 0 Å². The molecule has 24 heavy (non-hydrogen) atoms. The Hall–Kier alpha value is -1.89. The molecule has 8 heteroatoms. The molecule has 0 aliphatic rings. The Morgan fingerprint density at radius 2 is 2.00 bits per heavy atom. The maximum Gasteiger partial charge on any atom is 0.274 e. The quantitative estimate of drug-likeness (QED) is 0.819. The summed E-state index contributed by atoms with van der Waals surface area (Å²) in [4.78, 5) is 22.9. The molecule has 0 unspecified atom stereocenters. The molecule has 0 aliphatic heterocycles. The van der Waals surface area contributed by atoms with Crippen molar-refractivity contribution in [1.29, 1.82) is 0 Å². The van der Waals surface area contributed by atoms with Crippen LogP contribution in [0.25, 0.3) is 0 Å². The largest absolute Gasteiger partial charge is 0.369 e. The predicted molar refractivity (Wildman–Crippen MR) is 98.2 cm³/mol. The van der Waals surface area contributed by atoms with Crippen LogP contribution in [0.3, 0.4) is 0 Å². The van der Waals surface area contributed by atoms with Crippen LogP contribution in [-0.4, -0.2) is 48.0 Å². The molecule has 0 spiro atoms. The van der Waals surface area contributed by atoms with Crippen LogP contribution in [0.4, 0.5) is 11.5 Å². The van der Waals surface area contributed by atoms with Crippen molar-refractivity contribution in [3.8, 4) is 0 Å². The van der Waals surface area contributed by atoms with Crippen LogP contribution in [0, 0.1) is 6.92 Å². The third-order valence-corrected chi connectivity index (χ3v) is 3.95. The van der Waals surface area contributed by atoms with E-state index in [4.69, 9.17) is 23.2 Å². The van der Waals surface area contributed by atoms with Gasteiger partial charge in [0.15, 0.2) is 0 Å². The lowest BCUT2D eigenvalue weighted by Gasteiger charge is -2.12. The molecule has 1 heterocycles. The molecule has 1 aromatic carbocycles. The summed E-state index contributed by atoms with van der Waals surface area (Å²) in [7, 11) is 3.97. The molecular weight excluding hydrogens is 349 g/mol. The van der Waals surface area contributed by atoms with Gasteiger partial charge >= 0.3 is 0 Å². The van der Waals surface area contributed by atoms with Gasteiger partial charge in [0, 0.05) is 19.2 Å². The first-order valence-electron chi connectivity index (χ1n) is 7.36. The van der Waals surface area contributed by atoms with E-state index in [2.05, 4.69) is 25.5 Å². The van der Waals surface area contributed by atoms with Crippen molar-refractivity contribution in [1.82, 2.24) is 14.9 Å². The van der Waals surface area contributed by atoms with Crippen LogP contribution in [0.5, 0.6) is 0 Å². The lowest BCUT2D eigenvalue weighted by Crippen LogP contribution is -2.22. The van der Waals surface area contributed by atoms with Gasteiger partial charge in [-0.3, -0.25) is 4.79 Å². The standard InChI is InChI=1S/C16H19Cl2N5O/c1-10-20-13(9-14(21-10)19-7-8-23(2)3)16(24)22-12-6-4-5-11(17)15(12)18/h4-6,9H,7-8H2,1-3H3,(H,22,24)(H,19,20,21). The average molecular weight is 368 g/mol. The van der Waals surface area contributed by atoms with E-state index in [0.717, 1.165) is 6.54 Å². The summed E-state index contributed by atoms with van der Waals surface area (Å²) in [6, 6.07) is 6.65. The third kappa shape index (κ3) is 5.06. The van der Waals surface area contributed by atoms with Crippen molar-refractivity contribution < 1.29 is 4.79 Å².